The lowest BCUT2D eigenvalue weighted by Gasteiger charge is -2.29. The molecule has 1 saturated heterocycles. The zero-order valence-electron chi connectivity index (χ0n) is 18.7. The first-order valence-electron chi connectivity index (χ1n) is 10.9. The molecule has 11 nitrogen and oxygen atoms in total. The highest BCUT2D eigenvalue weighted by atomic mass is 19.1. The Bertz CT molecular complexity index is 1440. The molecule has 180 valence electrons. The average molecular weight is 478 g/mol. The van der Waals surface area contributed by atoms with Crippen LogP contribution in [0.3, 0.4) is 0 Å². The van der Waals surface area contributed by atoms with Gasteiger partial charge in [0.05, 0.1) is 53.6 Å². The van der Waals surface area contributed by atoms with Crippen LogP contribution in [-0.4, -0.2) is 61.5 Å². The number of rotatable bonds is 5. The number of aryl methyl sites for hydroxylation is 1. The van der Waals surface area contributed by atoms with Gasteiger partial charge < -0.3 is 26.6 Å². The summed E-state index contributed by atoms with van der Waals surface area (Å²) in [6.07, 6.45) is 2.41. The number of benzene rings is 1. The third kappa shape index (κ3) is 4.13. The molecule has 5 rings (SSSR count). The highest BCUT2D eigenvalue weighted by Gasteiger charge is 2.27. The molecule has 1 aliphatic heterocycles. The number of carbonyl (C=O) groups is 1. The fraction of sp³-hybridized carbons (Fsp3) is 0.261. The van der Waals surface area contributed by atoms with Gasteiger partial charge in [-0.25, -0.2) is 19.3 Å². The van der Waals surface area contributed by atoms with Crippen molar-refractivity contribution >= 4 is 28.3 Å². The molecular weight excluding hydrogens is 455 g/mol. The topological polar surface area (TPSA) is 178 Å². The number of ether oxygens (including phenoxy) is 1. The van der Waals surface area contributed by atoms with Crippen molar-refractivity contribution in [3.63, 3.8) is 0 Å². The van der Waals surface area contributed by atoms with Crippen LogP contribution in [0.25, 0.3) is 33.5 Å². The molecule has 1 aromatic carbocycles. The fourth-order valence-corrected chi connectivity index (χ4v) is 4.20. The van der Waals surface area contributed by atoms with Gasteiger partial charge in [-0.1, -0.05) is 6.07 Å². The second kappa shape index (κ2) is 8.89. The molecule has 0 spiro atoms. The highest BCUT2D eigenvalue weighted by molar-refractivity contribution is 6.04. The smallest absolute Gasteiger partial charge is 0.269 e. The van der Waals surface area contributed by atoms with Crippen LogP contribution >= 0.6 is 0 Å². The third-order valence-electron chi connectivity index (χ3n) is 5.99. The van der Waals surface area contributed by atoms with Crippen molar-refractivity contribution in [1.82, 2.24) is 25.1 Å². The minimum atomic E-state index is -0.858. The van der Waals surface area contributed by atoms with Crippen LogP contribution < -0.4 is 16.8 Å². The normalized spacial score (nSPS) is 18.0. The van der Waals surface area contributed by atoms with Crippen LogP contribution in [-0.2, 0) is 4.74 Å². The largest absolute Gasteiger partial charge is 0.395 e. The minimum Gasteiger partial charge on any atom is -0.395 e. The predicted octanol–water partition coefficient (Wildman–Crippen LogP) is 1.77. The van der Waals surface area contributed by atoms with Crippen LogP contribution in [0.4, 0.5) is 15.9 Å². The highest BCUT2D eigenvalue weighted by Crippen LogP contribution is 2.37. The van der Waals surface area contributed by atoms with Gasteiger partial charge in [-0.2, -0.15) is 5.10 Å². The van der Waals surface area contributed by atoms with E-state index in [1.54, 1.807) is 6.20 Å². The van der Waals surface area contributed by atoms with Crippen molar-refractivity contribution in [2.24, 2.45) is 5.73 Å². The number of nitrogens with one attached hydrogen (secondary N) is 2. The molecule has 1 aliphatic rings. The summed E-state index contributed by atoms with van der Waals surface area (Å²) in [5, 5.41) is 21.2. The number of carbonyl (C=O) groups excluding carboxylic acids is 1. The van der Waals surface area contributed by atoms with Crippen LogP contribution in [0.2, 0.25) is 0 Å². The van der Waals surface area contributed by atoms with Crippen molar-refractivity contribution in [1.29, 1.82) is 0 Å². The Hall–Kier alpha value is -4.16. The summed E-state index contributed by atoms with van der Waals surface area (Å²) in [5.74, 6) is -1.25. The van der Waals surface area contributed by atoms with Gasteiger partial charge in [0.1, 0.15) is 11.6 Å². The average Bonchev–Trinajstić information content (AvgIpc) is 3.31. The van der Waals surface area contributed by atoms with E-state index in [2.05, 4.69) is 30.5 Å². The van der Waals surface area contributed by atoms with E-state index >= 15 is 0 Å². The van der Waals surface area contributed by atoms with Crippen molar-refractivity contribution in [2.75, 3.05) is 24.3 Å². The summed E-state index contributed by atoms with van der Waals surface area (Å²) in [6.45, 7) is 2.49. The molecular formula is C23H23FN8O3. The molecule has 3 aromatic heterocycles. The first kappa shape index (κ1) is 22.6. The second-order valence-electron chi connectivity index (χ2n) is 8.34. The molecule has 0 unspecified atom stereocenters. The minimum absolute atomic E-state index is 0.000975. The number of fused-ring (bicyclic) bond motifs is 1. The van der Waals surface area contributed by atoms with Gasteiger partial charge in [-0.15, -0.1) is 0 Å². The molecule has 7 N–H and O–H groups in total. The molecule has 4 heterocycles. The number of amides is 1. The maximum absolute atomic E-state index is 14.3. The molecule has 0 radical (unpaired) electrons. The van der Waals surface area contributed by atoms with Crippen LogP contribution in [0, 0.1) is 12.7 Å². The van der Waals surface area contributed by atoms with E-state index < -0.39 is 17.8 Å². The lowest BCUT2D eigenvalue weighted by molar-refractivity contribution is -0.0135. The number of hydrogen-bond donors (Lipinski definition) is 5. The van der Waals surface area contributed by atoms with E-state index in [0.29, 0.717) is 18.6 Å². The van der Waals surface area contributed by atoms with Gasteiger partial charge in [0, 0.05) is 17.6 Å². The van der Waals surface area contributed by atoms with Gasteiger partial charge in [0.2, 0.25) is 0 Å². The molecule has 1 amide bonds. The number of aromatic nitrogens is 5. The standard InChI is InChI=1S/C23H23FN8O3/c1-10-2-3-14-13(8-28-32-14)17(10)19-18(25)20(21(26)34)31-23(30-19)12-6-11(24)7-27-22(12)29-15-4-5-35-9-16(15)33/h2-3,6-8,15-16,33H,4-5,9,25H2,1H3,(H2,26,34)(H,27,29)(H,28,32)/t15-,16-/m1/s1. The third-order valence-corrected chi connectivity index (χ3v) is 5.99. The number of aliphatic hydroxyl groups excluding tert-OH is 1. The SMILES string of the molecule is Cc1ccc2[nH]ncc2c1-c1nc(-c2cc(F)cnc2N[C@@H]2CCOC[C@H]2O)nc(C(N)=O)c1N. The first-order chi connectivity index (χ1) is 16.8. The number of aromatic amines is 1. The molecule has 0 saturated carbocycles. The Labute approximate surface area is 198 Å². The Morgan fingerprint density at radius 2 is 2.14 bits per heavy atom. The lowest BCUT2D eigenvalue weighted by atomic mass is 9.99. The maximum Gasteiger partial charge on any atom is 0.269 e. The molecule has 12 heteroatoms. The van der Waals surface area contributed by atoms with Crippen LogP contribution in [0.5, 0.6) is 0 Å². The summed E-state index contributed by atoms with van der Waals surface area (Å²) in [6, 6.07) is 4.55. The summed E-state index contributed by atoms with van der Waals surface area (Å²) >= 11 is 0. The summed E-state index contributed by atoms with van der Waals surface area (Å²) < 4.78 is 19.6. The second-order valence-corrected chi connectivity index (χ2v) is 8.34. The summed E-state index contributed by atoms with van der Waals surface area (Å²) in [4.78, 5) is 25.4. The summed E-state index contributed by atoms with van der Waals surface area (Å²) in [7, 11) is 0. The monoisotopic (exact) mass is 478 g/mol. The van der Waals surface area contributed by atoms with Gasteiger partial charge in [0.25, 0.3) is 5.91 Å². The van der Waals surface area contributed by atoms with Crippen molar-refractivity contribution in [2.45, 2.75) is 25.5 Å². The van der Waals surface area contributed by atoms with Crippen molar-refractivity contribution in [3.05, 3.63) is 47.7 Å². The van der Waals surface area contributed by atoms with E-state index in [4.69, 9.17) is 16.2 Å². The fourth-order valence-electron chi connectivity index (χ4n) is 4.20. The Morgan fingerprint density at radius 3 is 2.91 bits per heavy atom. The molecule has 1 fully saturated rings. The number of H-pyrrole nitrogens is 1. The van der Waals surface area contributed by atoms with E-state index in [1.165, 1.54) is 6.07 Å². The van der Waals surface area contributed by atoms with E-state index in [9.17, 15) is 14.3 Å². The predicted molar refractivity (Wildman–Crippen MR) is 127 cm³/mol. The number of primary amides is 1. The van der Waals surface area contributed by atoms with E-state index in [1.807, 2.05) is 19.1 Å². The van der Waals surface area contributed by atoms with Crippen LogP contribution in [0.1, 0.15) is 22.5 Å². The van der Waals surface area contributed by atoms with Crippen molar-refractivity contribution in [3.8, 4) is 22.6 Å². The number of halogens is 1. The number of nitrogen functional groups attached to an aromatic ring is 1. The quantitative estimate of drug-likeness (QED) is 0.286. The van der Waals surface area contributed by atoms with Gasteiger partial charge in [-0.3, -0.25) is 9.89 Å². The Balaban J connectivity index is 1.71. The van der Waals surface area contributed by atoms with Crippen LogP contribution in [0.15, 0.2) is 30.6 Å². The Morgan fingerprint density at radius 1 is 1.31 bits per heavy atom. The van der Waals surface area contributed by atoms with Gasteiger partial charge in [-0.05, 0) is 31.0 Å². The zero-order chi connectivity index (χ0) is 24.7. The zero-order valence-corrected chi connectivity index (χ0v) is 18.7. The molecule has 35 heavy (non-hydrogen) atoms. The van der Waals surface area contributed by atoms with E-state index in [-0.39, 0.29) is 46.9 Å². The maximum atomic E-state index is 14.3. The number of nitrogens with two attached hydrogens (primary N) is 2. The number of pyridine rings is 1. The number of hydrogen-bond acceptors (Lipinski definition) is 9. The van der Waals surface area contributed by atoms with E-state index in [0.717, 1.165) is 22.7 Å². The molecule has 0 aliphatic carbocycles. The number of aliphatic hydroxyl groups is 1. The first-order valence-corrected chi connectivity index (χ1v) is 10.9. The Kier molecular flexibility index (Phi) is 5.75. The molecule has 0 bridgehead atoms. The number of nitrogens with zero attached hydrogens (tertiary/aromatic N) is 4. The van der Waals surface area contributed by atoms with Gasteiger partial charge in [0.15, 0.2) is 11.5 Å². The lowest BCUT2D eigenvalue weighted by Crippen LogP contribution is -2.42. The van der Waals surface area contributed by atoms with Crippen molar-refractivity contribution < 1.29 is 19.0 Å². The summed E-state index contributed by atoms with van der Waals surface area (Å²) in [5.41, 5.74) is 14.4. The van der Waals surface area contributed by atoms with Gasteiger partial charge >= 0.3 is 0 Å². The number of anilines is 2. The molecule has 2 atom stereocenters. The molecule has 4 aromatic rings.